The highest BCUT2D eigenvalue weighted by atomic mass is 32.1. The van der Waals surface area contributed by atoms with Crippen LogP contribution in [0.15, 0.2) is 11.2 Å². The third-order valence-corrected chi connectivity index (χ3v) is 9.16. The van der Waals surface area contributed by atoms with E-state index in [4.69, 9.17) is 15.5 Å². The molecule has 2 aliphatic heterocycles. The number of anilines is 1. The number of amidine groups is 1. The van der Waals surface area contributed by atoms with Crippen LogP contribution in [0.1, 0.15) is 97.8 Å². The average molecular weight is 608 g/mol. The number of nitrogens with zero attached hydrogens (tertiary/aromatic N) is 4. The van der Waals surface area contributed by atoms with Gasteiger partial charge in [-0.25, -0.2) is 13.8 Å². The van der Waals surface area contributed by atoms with Crippen molar-refractivity contribution in [1.82, 2.24) is 9.88 Å². The summed E-state index contributed by atoms with van der Waals surface area (Å²) in [4.78, 5) is 11.6. The highest BCUT2D eigenvalue weighted by molar-refractivity contribution is 7.23. The van der Waals surface area contributed by atoms with Crippen molar-refractivity contribution >= 4 is 44.0 Å². The number of halogens is 2. The Hall–Kier alpha value is -3.35. The first kappa shape index (κ1) is 32.6. The number of nitrogens with two attached hydrogens (primary N) is 1. The standard InChI is InChI=1S/C29H29F2N5OS.C3H8.C2H6/c1-14(2)22-18(9-34-16(4)36-11-15(3)7-29(36)5-6-29)19-12-37-13-20(19)23(25(22)31)26-24-17(8-32)28(33)38-27(24)21(30)10-35-26;1-3-2;1-2/h9-10,15H,5-7,11-13,33H2,1-4H3;3H2,1-2H3;1-2H3/b18-9-,34-16?;;. The predicted molar refractivity (Wildman–Crippen MR) is 174 cm³/mol. The number of benzene rings is 1. The Labute approximate surface area is 257 Å². The number of aromatic nitrogens is 1. The summed E-state index contributed by atoms with van der Waals surface area (Å²) in [5.41, 5.74) is 9.10. The SMILES string of the molecule is CC.CC(=N/C=c1/c2c(c(-c3ncc(F)c4sc(N)c(C#N)c34)c(F)c1=C(C)C)COC2)N1CC(C)CC12CC2.CCC. The fourth-order valence-corrected chi connectivity index (χ4v) is 7.26. The van der Waals surface area contributed by atoms with Crippen LogP contribution < -0.4 is 16.2 Å². The van der Waals surface area contributed by atoms with Crippen LogP contribution in [-0.2, 0) is 18.0 Å². The number of hydrogen-bond donors (Lipinski definition) is 1. The zero-order valence-electron chi connectivity index (χ0n) is 26.6. The molecule has 1 saturated carbocycles. The molecule has 1 spiro atoms. The summed E-state index contributed by atoms with van der Waals surface area (Å²) in [7, 11) is 0. The summed E-state index contributed by atoms with van der Waals surface area (Å²) < 4.78 is 37.3. The van der Waals surface area contributed by atoms with Crippen LogP contribution in [0.3, 0.4) is 0 Å². The van der Waals surface area contributed by atoms with Gasteiger partial charge in [-0.05, 0) is 57.1 Å². The molecule has 0 amide bonds. The van der Waals surface area contributed by atoms with Crippen molar-refractivity contribution < 1.29 is 13.5 Å². The maximum atomic E-state index is 16.6. The van der Waals surface area contributed by atoms with E-state index in [-0.39, 0.29) is 44.1 Å². The molecule has 2 aromatic heterocycles. The third kappa shape index (κ3) is 5.80. The van der Waals surface area contributed by atoms with Crippen LogP contribution in [0.25, 0.3) is 33.1 Å². The second-order valence-electron chi connectivity index (χ2n) is 11.7. The van der Waals surface area contributed by atoms with Gasteiger partial charge in [0.1, 0.15) is 22.7 Å². The number of rotatable bonds is 2. The van der Waals surface area contributed by atoms with Crippen molar-refractivity contribution in [3.05, 3.63) is 45.0 Å². The molecule has 1 aliphatic carbocycles. The molecular weight excluding hydrogens is 564 g/mol. The van der Waals surface area contributed by atoms with Gasteiger partial charge in [-0.15, -0.1) is 11.3 Å². The molecule has 4 heterocycles. The summed E-state index contributed by atoms with van der Waals surface area (Å²) in [5, 5.41) is 11.3. The molecular formula is C34H43F2N5OS. The summed E-state index contributed by atoms with van der Waals surface area (Å²) in [6.45, 7) is 17.7. The Morgan fingerprint density at radius 2 is 1.88 bits per heavy atom. The molecule has 2 fully saturated rings. The molecule has 43 heavy (non-hydrogen) atoms. The third-order valence-electron chi connectivity index (χ3n) is 8.13. The Balaban J connectivity index is 0.000000798. The smallest absolute Gasteiger partial charge is 0.159 e. The van der Waals surface area contributed by atoms with Gasteiger partial charge in [0.05, 0.1) is 35.4 Å². The summed E-state index contributed by atoms with van der Waals surface area (Å²) >= 11 is 0.973. The molecule has 3 aromatic rings. The van der Waals surface area contributed by atoms with E-state index in [2.05, 4.69) is 36.7 Å². The van der Waals surface area contributed by atoms with Crippen LogP contribution in [-0.4, -0.2) is 27.8 Å². The highest BCUT2D eigenvalue weighted by Gasteiger charge is 2.53. The number of likely N-dealkylation sites (tertiary alicyclic amines) is 1. The average Bonchev–Trinajstić information content (AvgIpc) is 3.27. The van der Waals surface area contributed by atoms with Crippen LogP contribution >= 0.6 is 11.3 Å². The first-order chi connectivity index (χ1) is 20.6. The zero-order valence-corrected chi connectivity index (χ0v) is 27.4. The largest absolute Gasteiger partial charge is 0.389 e. The molecule has 0 bridgehead atoms. The molecule has 2 N–H and O–H groups in total. The van der Waals surface area contributed by atoms with Crippen LogP contribution in [0, 0.1) is 28.9 Å². The van der Waals surface area contributed by atoms with E-state index >= 15 is 4.39 Å². The number of ether oxygens (including phenoxy) is 1. The molecule has 9 heteroatoms. The lowest BCUT2D eigenvalue weighted by Gasteiger charge is -2.25. The minimum atomic E-state index is -0.590. The van der Waals surface area contributed by atoms with Gasteiger partial charge in [0.2, 0.25) is 0 Å². The maximum Gasteiger partial charge on any atom is 0.159 e. The first-order valence-electron chi connectivity index (χ1n) is 15.3. The Morgan fingerprint density at radius 1 is 1.23 bits per heavy atom. The van der Waals surface area contributed by atoms with E-state index in [9.17, 15) is 9.65 Å². The quantitative estimate of drug-likeness (QED) is 0.243. The van der Waals surface area contributed by atoms with Gasteiger partial charge in [0.15, 0.2) is 5.82 Å². The highest BCUT2D eigenvalue weighted by Crippen LogP contribution is 2.51. The van der Waals surface area contributed by atoms with E-state index in [0.29, 0.717) is 28.5 Å². The normalized spacial score (nSPS) is 18.6. The summed E-state index contributed by atoms with van der Waals surface area (Å²) in [5.74, 6) is 0.505. The number of nitrogen functional groups attached to an aromatic ring is 1. The molecule has 6 rings (SSSR count). The molecule has 6 nitrogen and oxygen atoms in total. The molecule has 1 unspecified atom stereocenters. The summed E-state index contributed by atoms with van der Waals surface area (Å²) in [6, 6.07) is 2.06. The maximum absolute atomic E-state index is 16.6. The number of pyridine rings is 1. The second-order valence-corrected chi connectivity index (χ2v) is 12.7. The number of aliphatic imine (C=N–C) groups is 1. The molecule has 1 aromatic carbocycles. The topological polar surface area (TPSA) is 87.5 Å². The van der Waals surface area contributed by atoms with Crippen LogP contribution in [0.4, 0.5) is 13.8 Å². The zero-order chi connectivity index (χ0) is 31.6. The van der Waals surface area contributed by atoms with Gasteiger partial charge in [-0.3, -0.25) is 4.98 Å². The Morgan fingerprint density at radius 3 is 2.49 bits per heavy atom. The van der Waals surface area contributed by atoms with Gasteiger partial charge in [-0.2, -0.15) is 5.26 Å². The lowest BCUT2D eigenvalue weighted by molar-refractivity contribution is 0.134. The minimum absolute atomic E-state index is 0.113. The monoisotopic (exact) mass is 607 g/mol. The Bertz CT molecular complexity index is 1730. The molecule has 1 atom stereocenters. The van der Waals surface area contributed by atoms with Gasteiger partial charge < -0.3 is 15.4 Å². The first-order valence-corrected chi connectivity index (χ1v) is 16.1. The summed E-state index contributed by atoms with van der Waals surface area (Å²) in [6.07, 6.45) is 7.67. The predicted octanol–water partition coefficient (Wildman–Crippen LogP) is 7.39. The second kappa shape index (κ2) is 13.1. The Kier molecular flexibility index (Phi) is 9.93. The molecule has 1 saturated heterocycles. The van der Waals surface area contributed by atoms with E-state index < -0.39 is 11.6 Å². The fourth-order valence-electron chi connectivity index (χ4n) is 6.34. The molecule has 230 valence electrons. The number of fused-ring (bicyclic) bond motifs is 2. The van der Waals surface area contributed by atoms with E-state index in [1.807, 2.05) is 34.6 Å². The fraction of sp³-hybridized carbons (Fsp3) is 0.500. The number of thiophene rings is 1. The van der Waals surface area contributed by atoms with Crippen molar-refractivity contribution in [3.8, 4) is 17.3 Å². The van der Waals surface area contributed by atoms with Crippen LogP contribution in [0.5, 0.6) is 0 Å². The lowest BCUT2D eigenvalue weighted by atomic mass is 9.93. The lowest BCUT2D eigenvalue weighted by Crippen LogP contribution is -2.37. The van der Waals surface area contributed by atoms with Crippen molar-refractivity contribution in [2.24, 2.45) is 10.9 Å². The number of nitriles is 1. The van der Waals surface area contributed by atoms with Gasteiger partial charge in [0, 0.05) is 39.7 Å². The van der Waals surface area contributed by atoms with E-state index in [1.54, 1.807) is 6.20 Å². The van der Waals surface area contributed by atoms with E-state index in [0.717, 1.165) is 41.1 Å². The van der Waals surface area contributed by atoms with E-state index in [1.165, 1.54) is 25.7 Å². The van der Waals surface area contributed by atoms with Gasteiger partial charge >= 0.3 is 0 Å². The number of hydrogen-bond acceptors (Lipinski definition) is 6. The molecule has 0 radical (unpaired) electrons. The van der Waals surface area contributed by atoms with Crippen molar-refractivity contribution in [2.45, 2.75) is 99.8 Å². The molecule has 3 aliphatic rings. The van der Waals surface area contributed by atoms with Gasteiger partial charge in [0.25, 0.3) is 0 Å². The van der Waals surface area contributed by atoms with Crippen LogP contribution in [0.2, 0.25) is 0 Å². The van der Waals surface area contributed by atoms with Gasteiger partial charge in [-0.1, -0.05) is 46.6 Å². The van der Waals surface area contributed by atoms with Crippen molar-refractivity contribution in [2.75, 3.05) is 12.3 Å². The van der Waals surface area contributed by atoms with Crippen molar-refractivity contribution in [3.63, 3.8) is 0 Å². The van der Waals surface area contributed by atoms with Crippen molar-refractivity contribution in [1.29, 1.82) is 5.26 Å². The minimum Gasteiger partial charge on any atom is -0.389 e.